The van der Waals surface area contributed by atoms with Gasteiger partial charge in [0.2, 0.25) is 0 Å². The topological polar surface area (TPSA) is 392 Å². The van der Waals surface area contributed by atoms with Crippen molar-refractivity contribution in [2.75, 3.05) is 26.4 Å². The fourth-order valence-corrected chi connectivity index (χ4v) is 11.1. The van der Waals surface area contributed by atoms with E-state index < -0.39 is 23.3 Å². The van der Waals surface area contributed by atoms with Crippen LogP contribution >= 0.6 is 0 Å². The summed E-state index contributed by atoms with van der Waals surface area (Å²) in [5, 5.41) is 142. The number of aryl methyl sites for hydroxylation is 3. The predicted octanol–water partition coefficient (Wildman–Crippen LogP) is 15.4. The van der Waals surface area contributed by atoms with Crippen molar-refractivity contribution >= 4 is 17.9 Å². The van der Waals surface area contributed by atoms with Crippen molar-refractivity contribution in [2.45, 2.75) is 252 Å². The molecule has 0 amide bonds. The summed E-state index contributed by atoms with van der Waals surface area (Å²) in [4.78, 5) is 47.9. The molecule has 4 aromatic carbocycles. The molecule has 15 N–H and O–H groups in total. The number of unbranched alkanes of at least 4 members (excludes halogenated alkanes) is 9. The van der Waals surface area contributed by atoms with E-state index in [-0.39, 0.29) is 95.7 Å². The van der Waals surface area contributed by atoms with Gasteiger partial charge in [-0.25, -0.2) is 19.6 Å². The maximum Gasteiger partial charge on any atom is 0.303 e. The minimum Gasteiger partial charge on any atom is -0.508 e. The molecule has 0 saturated carbocycles. The molecular formula is C70H110O22. The van der Waals surface area contributed by atoms with Crippen molar-refractivity contribution in [2.24, 2.45) is 0 Å². The lowest BCUT2D eigenvalue weighted by atomic mass is 9.75. The van der Waals surface area contributed by atoms with Crippen LogP contribution < -0.4 is 0 Å². The summed E-state index contributed by atoms with van der Waals surface area (Å²) in [7, 11) is 0. The SMILES string of the molecule is CC(C)(CCCCOO)c1cc(O)c(C(C)(C)CCCC(=O)O)cc1O.CCCCCCCc1cc(O)c(C(C)(C)CCCCOO)cc1O.Cc1c(O)c(CCC(=O)O)c(C)c(O)c1CCCOO.O=C(O)CCCCc1cc(O)c(CCCCCOO)cc1O. The number of aromatic hydroxyl groups is 8. The molecule has 0 bridgehead atoms. The number of carboxylic acids is 3. The maximum absolute atomic E-state index is 10.7. The molecule has 0 aliphatic heterocycles. The average Bonchev–Trinajstić information content (AvgIpc) is 0.827. The first-order chi connectivity index (χ1) is 43.4. The molecule has 0 radical (unpaired) electrons. The summed E-state index contributed by atoms with van der Waals surface area (Å²) in [5.74, 6) is -1.43. The Balaban J connectivity index is 0.000000616. The van der Waals surface area contributed by atoms with Gasteiger partial charge in [0.15, 0.2) is 0 Å². The van der Waals surface area contributed by atoms with E-state index >= 15 is 0 Å². The molecule has 22 nitrogen and oxygen atoms in total. The van der Waals surface area contributed by atoms with E-state index in [0.717, 1.165) is 81.8 Å². The van der Waals surface area contributed by atoms with Crippen LogP contribution in [0.2, 0.25) is 0 Å². The van der Waals surface area contributed by atoms with Crippen LogP contribution in [0.15, 0.2) is 36.4 Å². The summed E-state index contributed by atoms with van der Waals surface area (Å²) in [5.41, 5.74) is 5.28. The van der Waals surface area contributed by atoms with E-state index in [2.05, 4.69) is 40.3 Å². The van der Waals surface area contributed by atoms with Crippen LogP contribution in [0.5, 0.6) is 46.0 Å². The Morgan fingerprint density at radius 2 is 0.652 bits per heavy atom. The molecule has 0 heterocycles. The monoisotopic (exact) mass is 1300 g/mol. The second-order valence-corrected chi connectivity index (χ2v) is 25.6. The third kappa shape index (κ3) is 30.9. The van der Waals surface area contributed by atoms with Crippen molar-refractivity contribution in [1.29, 1.82) is 0 Å². The minimum atomic E-state index is -0.954. The fourth-order valence-electron chi connectivity index (χ4n) is 11.1. The van der Waals surface area contributed by atoms with Gasteiger partial charge in [0.05, 0.1) is 26.4 Å². The summed E-state index contributed by atoms with van der Waals surface area (Å²) in [6.45, 7) is 18.5. The highest BCUT2D eigenvalue weighted by atomic mass is 17.1. The third-order valence-corrected chi connectivity index (χ3v) is 16.8. The lowest BCUT2D eigenvalue weighted by molar-refractivity contribution is -0.242. The Morgan fingerprint density at radius 1 is 0.348 bits per heavy atom. The maximum atomic E-state index is 10.7. The van der Waals surface area contributed by atoms with Gasteiger partial charge in [-0.15, -0.1) is 0 Å². The zero-order valence-electron chi connectivity index (χ0n) is 56.0. The zero-order valence-corrected chi connectivity index (χ0v) is 56.0. The van der Waals surface area contributed by atoms with Crippen LogP contribution in [0.1, 0.15) is 245 Å². The number of benzene rings is 4. The Kier molecular flexibility index (Phi) is 39.9. The number of hydrogen-bond acceptors (Lipinski definition) is 19. The second-order valence-electron chi connectivity index (χ2n) is 25.6. The van der Waals surface area contributed by atoms with Gasteiger partial charge in [-0.3, -0.25) is 35.4 Å². The molecule has 0 atom stereocenters. The molecule has 0 saturated heterocycles. The molecular weight excluding hydrogens is 1190 g/mol. The van der Waals surface area contributed by atoms with E-state index in [1.807, 2.05) is 27.7 Å². The summed E-state index contributed by atoms with van der Waals surface area (Å²) in [6, 6.07) is 9.80. The van der Waals surface area contributed by atoms with Crippen molar-refractivity contribution in [1.82, 2.24) is 0 Å². The number of aliphatic carboxylic acids is 3. The molecule has 0 unspecified atom stereocenters. The molecule has 0 spiro atoms. The number of carbonyl (C=O) groups is 3. The lowest BCUT2D eigenvalue weighted by Crippen LogP contribution is -2.21. The molecule has 0 fully saturated rings. The lowest BCUT2D eigenvalue weighted by Gasteiger charge is -2.30. The van der Waals surface area contributed by atoms with E-state index in [1.165, 1.54) is 19.3 Å². The fraction of sp³-hybridized carbons (Fsp3) is 0.614. The number of carboxylic acid groups (broad SMARTS) is 3. The zero-order chi connectivity index (χ0) is 69.6. The van der Waals surface area contributed by atoms with Gasteiger partial charge in [0.25, 0.3) is 0 Å². The van der Waals surface area contributed by atoms with E-state index in [1.54, 1.807) is 50.2 Å². The van der Waals surface area contributed by atoms with Crippen molar-refractivity contribution in [3.8, 4) is 46.0 Å². The van der Waals surface area contributed by atoms with Crippen LogP contribution in [-0.2, 0) is 82.3 Å². The molecule has 522 valence electrons. The molecule has 4 rings (SSSR count). The number of phenolic OH excluding ortho intramolecular Hbond substituents is 8. The van der Waals surface area contributed by atoms with Crippen molar-refractivity contribution < 1.29 is 111 Å². The van der Waals surface area contributed by atoms with Gasteiger partial charge >= 0.3 is 17.9 Å². The molecule has 92 heavy (non-hydrogen) atoms. The van der Waals surface area contributed by atoms with E-state index in [4.69, 9.17) is 36.3 Å². The third-order valence-electron chi connectivity index (χ3n) is 16.8. The highest BCUT2D eigenvalue weighted by Gasteiger charge is 2.31. The van der Waals surface area contributed by atoms with E-state index in [9.17, 15) is 55.2 Å². The van der Waals surface area contributed by atoms with Crippen molar-refractivity contribution in [3.05, 3.63) is 92.0 Å². The quantitative estimate of drug-likeness (QED) is 0.00849. The Morgan fingerprint density at radius 3 is 1.05 bits per heavy atom. The number of rotatable bonds is 41. The van der Waals surface area contributed by atoms with Crippen LogP contribution in [-0.4, -0.2) is 122 Å². The van der Waals surface area contributed by atoms with Gasteiger partial charge in [-0.1, -0.05) is 93.4 Å². The largest absolute Gasteiger partial charge is 0.508 e. The smallest absolute Gasteiger partial charge is 0.303 e. The van der Waals surface area contributed by atoms with Gasteiger partial charge < -0.3 is 56.2 Å². The van der Waals surface area contributed by atoms with Crippen LogP contribution in [0.25, 0.3) is 0 Å². The summed E-state index contributed by atoms with van der Waals surface area (Å²) < 4.78 is 0. The molecule has 0 aromatic heterocycles. The first kappa shape index (κ1) is 83.4. The number of phenols is 8. The average molecular weight is 1300 g/mol. The molecule has 0 aliphatic rings. The standard InChI is InChI=1S/C20H32O6.C20H34O4.C16H24O6.C14H20O6/c1-19(2,9-5-6-11-26-25)14-12-17(22)15(13-16(14)21)20(3,4)10-7-8-18(23)24;1-4-5-6-7-8-11-16-14-19(22)17(15-18(16)21)20(2,3)12-9-10-13-24-23;17-14-11-13(7-3-4-8-16(19)20)15(18)10-12(14)6-2-1-5-9-22-21;1-8-10(4-3-7-20-19)13(17)9(2)11(14(8)18)5-6-12(15)16/h12-13,21-22,25H,5-11H2,1-4H3,(H,23,24);14-15,21-23H,4-13H2,1-3H3;10-11,17-18,21H,1-9H2,(H,19,20);17-19H,3-7H2,1-2H3,(H,15,16). The highest BCUT2D eigenvalue weighted by molar-refractivity contribution is 5.68. The molecule has 0 aliphatic carbocycles. The Labute approximate surface area is 543 Å². The van der Waals surface area contributed by atoms with Crippen molar-refractivity contribution in [3.63, 3.8) is 0 Å². The summed E-state index contributed by atoms with van der Waals surface area (Å²) >= 11 is 0. The van der Waals surface area contributed by atoms with Gasteiger partial charge in [-0.2, -0.15) is 0 Å². The van der Waals surface area contributed by atoms with Gasteiger partial charge in [0.1, 0.15) is 46.0 Å². The predicted molar refractivity (Wildman–Crippen MR) is 351 cm³/mol. The molecule has 22 heteroatoms. The van der Waals surface area contributed by atoms with Gasteiger partial charge in [-0.05, 0) is 203 Å². The van der Waals surface area contributed by atoms with Crippen LogP contribution in [0.4, 0.5) is 0 Å². The first-order valence-electron chi connectivity index (χ1n) is 32.3. The Hall–Kier alpha value is -6.63. The van der Waals surface area contributed by atoms with Crippen LogP contribution in [0, 0.1) is 13.8 Å². The minimum absolute atomic E-state index is 0.0291. The Bertz CT molecular complexity index is 2780. The van der Waals surface area contributed by atoms with Gasteiger partial charge in [0, 0.05) is 47.1 Å². The first-order valence-corrected chi connectivity index (χ1v) is 32.3. The van der Waals surface area contributed by atoms with E-state index in [0.29, 0.717) is 116 Å². The number of hydrogen-bond donors (Lipinski definition) is 15. The highest BCUT2D eigenvalue weighted by Crippen LogP contribution is 2.45. The second kappa shape index (κ2) is 44.1. The van der Waals surface area contributed by atoms with Crippen LogP contribution in [0.3, 0.4) is 0 Å². The molecule has 4 aromatic rings. The summed E-state index contributed by atoms with van der Waals surface area (Å²) in [6.07, 6.45) is 18.6. The normalized spacial score (nSPS) is 11.5.